The van der Waals surface area contributed by atoms with Gasteiger partial charge >= 0.3 is 0 Å². The minimum absolute atomic E-state index is 0.0166. The summed E-state index contributed by atoms with van der Waals surface area (Å²) in [5.74, 6) is -0.340. The number of rotatable bonds is 12. The van der Waals surface area contributed by atoms with E-state index in [1.165, 1.54) is 42.3 Å². The van der Waals surface area contributed by atoms with Gasteiger partial charge in [0.2, 0.25) is 11.8 Å². The van der Waals surface area contributed by atoms with E-state index in [1.54, 1.807) is 44.2 Å². The molecule has 0 spiro atoms. The van der Waals surface area contributed by atoms with Crippen LogP contribution in [0.2, 0.25) is 10.0 Å². The third kappa shape index (κ3) is 7.47. The van der Waals surface area contributed by atoms with Gasteiger partial charge in [0.1, 0.15) is 18.3 Å². The van der Waals surface area contributed by atoms with E-state index in [4.69, 9.17) is 27.9 Å². The Balaban J connectivity index is 2.11. The number of amides is 2. The summed E-state index contributed by atoms with van der Waals surface area (Å²) in [6, 6.07) is 17.0. The Labute approximate surface area is 245 Å². The van der Waals surface area contributed by atoms with E-state index >= 15 is 0 Å². The van der Waals surface area contributed by atoms with E-state index in [0.29, 0.717) is 24.3 Å². The molecule has 0 saturated heterocycles. The lowest BCUT2D eigenvalue weighted by atomic mass is 10.1. The van der Waals surface area contributed by atoms with Crippen LogP contribution in [0.1, 0.15) is 31.4 Å². The first-order chi connectivity index (χ1) is 19.0. The van der Waals surface area contributed by atoms with E-state index in [2.05, 4.69) is 5.32 Å². The van der Waals surface area contributed by atoms with Gasteiger partial charge in [-0.3, -0.25) is 13.9 Å². The number of carbonyl (C=O) groups is 2. The van der Waals surface area contributed by atoms with Crippen LogP contribution in [0, 0.1) is 6.92 Å². The fraction of sp³-hybridized carbons (Fsp3) is 0.310. The number of methoxy groups -OCH3 is 1. The van der Waals surface area contributed by atoms with Crippen molar-refractivity contribution in [1.29, 1.82) is 0 Å². The Bertz CT molecular complexity index is 1450. The SMILES string of the molecule is CCNC(=O)C(CC)N(Cc1cccc(OC)c1)C(=O)CN(c1cc(Cl)ccc1Cl)S(=O)(=O)c1ccc(C)cc1. The second kappa shape index (κ2) is 13.9. The Morgan fingerprint density at radius 1 is 1.00 bits per heavy atom. The molecule has 0 bridgehead atoms. The molecule has 3 aromatic rings. The number of nitrogens with one attached hydrogen (secondary N) is 1. The highest BCUT2D eigenvalue weighted by molar-refractivity contribution is 7.92. The molecule has 11 heteroatoms. The van der Waals surface area contributed by atoms with Gasteiger partial charge in [-0.25, -0.2) is 8.42 Å². The number of carbonyl (C=O) groups excluding carboxylic acids is 2. The Hall–Kier alpha value is -3.27. The predicted octanol–water partition coefficient (Wildman–Crippen LogP) is 5.45. The second-order valence-corrected chi connectivity index (χ2v) is 11.8. The van der Waals surface area contributed by atoms with Crippen molar-refractivity contribution in [3.63, 3.8) is 0 Å². The van der Waals surface area contributed by atoms with Gasteiger partial charge in [0.25, 0.3) is 10.0 Å². The minimum atomic E-state index is -4.26. The smallest absolute Gasteiger partial charge is 0.264 e. The summed E-state index contributed by atoms with van der Waals surface area (Å²) in [4.78, 5) is 28.5. The maximum atomic E-state index is 14.1. The maximum Gasteiger partial charge on any atom is 0.264 e. The maximum absolute atomic E-state index is 14.1. The summed E-state index contributed by atoms with van der Waals surface area (Å²) < 4.78 is 34.1. The summed E-state index contributed by atoms with van der Waals surface area (Å²) in [7, 11) is -2.73. The molecule has 40 heavy (non-hydrogen) atoms. The number of likely N-dealkylation sites (N-methyl/N-ethyl adjacent to an activating group) is 1. The van der Waals surface area contributed by atoms with Crippen molar-refractivity contribution in [3.05, 3.63) is 87.9 Å². The first-order valence-electron chi connectivity index (χ1n) is 12.8. The number of halogens is 2. The van der Waals surface area contributed by atoms with Crippen molar-refractivity contribution in [3.8, 4) is 5.75 Å². The van der Waals surface area contributed by atoms with Crippen LogP contribution >= 0.6 is 23.2 Å². The summed E-state index contributed by atoms with van der Waals surface area (Å²) in [5, 5.41) is 3.12. The van der Waals surface area contributed by atoms with Crippen LogP contribution in [0.15, 0.2) is 71.6 Å². The molecule has 0 saturated carbocycles. The Kier molecular flexibility index (Phi) is 10.8. The van der Waals surface area contributed by atoms with Gasteiger partial charge in [0.05, 0.1) is 22.7 Å². The number of sulfonamides is 1. The van der Waals surface area contributed by atoms with Gasteiger partial charge in [0.15, 0.2) is 0 Å². The molecule has 1 N–H and O–H groups in total. The van der Waals surface area contributed by atoms with Gasteiger partial charge in [0, 0.05) is 18.1 Å². The molecule has 0 aliphatic heterocycles. The fourth-order valence-corrected chi connectivity index (χ4v) is 6.07. The van der Waals surface area contributed by atoms with Gasteiger partial charge in [-0.2, -0.15) is 0 Å². The van der Waals surface area contributed by atoms with Gasteiger partial charge < -0.3 is 15.0 Å². The summed E-state index contributed by atoms with van der Waals surface area (Å²) in [5.41, 5.74) is 1.64. The van der Waals surface area contributed by atoms with Crippen LogP contribution in [-0.4, -0.2) is 51.4 Å². The van der Waals surface area contributed by atoms with Gasteiger partial charge in [-0.15, -0.1) is 0 Å². The van der Waals surface area contributed by atoms with Crippen LogP contribution in [0.5, 0.6) is 5.75 Å². The zero-order chi connectivity index (χ0) is 29.4. The fourth-order valence-electron chi connectivity index (χ4n) is 4.21. The molecular weight excluding hydrogens is 573 g/mol. The molecule has 8 nitrogen and oxygen atoms in total. The number of anilines is 1. The molecule has 0 heterocycles. The summed E-state index contributed by atoms with van der Waals surface area (Å²) >= 11 is 12.7. The van der Waals surface area contributed by atoms with E-state index in [0.717, 1.165) is 9.87 Å². The second-order valence-electron chi connectivity index (χ2n) is 9.11. The predicted molar refractivity (Wildman–Crippen MR) is 158 cm³/mol. The van der Waals surface area contributed by atoms with E-state index < -0.39 is 28.5 Å². The average molecular weight is 607 g/mol. The van der Waals surface area contributed by atoms with E-state index in [9.17, 15) is 18.0 Å². The van der Waals surface area contributed by atoms with Crippen LogP contribution < -0.4 is 14.4 Å². The first kappa shape index (κ1) is 31.3. The van der Waals surface area contributed by atoms with Crippen molar-refractivity contribution in [1.82, 2.24) is 10.2 Å². The van der Waals surface area contributed by atoms with Gasteiger partial charge in [-0.1, -0.05) is 60.0 Å². The first-order valence-corrected chi connectivity index (χ1v) is 15.0. The highest BCUT2D eigenvalue weighted by Gasteiger charge is 2.34. The van der Waals surface area contributed by atoms with Crippen molar-refractivity contribution < 1.29 is 22.7 Å². The molecule has 1 atom stereocenters. The number of ether oxygens (including phenoxy) is 1. The van der Waals surface area contributed by atoms with E-state index in [1.807, 2.05) is 13.0 Å². The zero-order valence-electron chi connectivity index (χ0n) is 22.9. The van der Waals surface area contributed by atoms with Crippen LogP contribution in [-0.2, 0) is 26.2 Å². The standard InChI is InChI=1S/C29H33Cl2N3O5S/c1-5-26(29(36)32-6-2)33(18-21-8-7-9-23(16-21)39-4)28(35)19-34(27-17-22(30)12-15-25(27)31)40(37,38)24-13-10-20(3)11-14-24/h7-17,26H,5-6,18-19H2,1-4H3,(H,32,36). The third-order valence-electron chi connectivity index (χ3n) is 6.29. The largest absolute Gasteiger partial charge is 0.497 e. The number of hydrogen-bond acceptors (Lipinski definition) is 5. The van der Waals surface area contributed by atoms with Crippen molar-refractivity contribution >= 4 is 50.7 Å². The summed E-state index contributed by atoms with van der Waals surface area (Å²) in [6.45, 7) is 5.23. The molecule has 0 radical (unpaired) electrons. The molecule has 3 rings (SSSR count). The molecule has 0 aromatic heterocycles. The van der Waals surface area contributed by atoms with Crippen LogP contribution in [0.3, 0.4) is 0 Å². The number of aryl methyl sites for hydroxylation is 1. The molecule has 3 aromatic carbocycles. The van der Waals surface area contributed by atoms with Crippen LogP contribution in [0.25, 0.3) is 0 Å². The topological polar surface area (TPSA) is 96.0 Å². The molecule has 0 aliphatic rings. The van der Waals surface area contributed by atoms with Crippen molar-refractivity contribution in [2.24, 2.45) is 0 Å². The molecule has 0 fully saturated rings. The number of benzene rings is 3. The highest BCUT2D eigenvalue weighted by Crippen LogP contribution is 2.33. The quantitative estimate of drug-likeness (QED) is 0.296. The lowest BCUT2D eigenvalue weighted by Crippen LogP contribution is -2.52. The van der Waals surface area contributed by atoms with Crippen LogP contribution in [0.4, 0.5) is 5.69 Å². The summed E-state index contributed by atoms with van der Waals surface area (Å²) in [6.07, 6.45) is 0.310. The number of nitrogens with zero attached hydrogens (tertiary/aromatic N) is 2. The molecular formula is C29H33Cl2N3O5S. The Morgan fingerprint density at radius 2 is 1.70 bits per heavy atom. The average Bonchev–Trinajstić information content (AvgIpc) is 2.93. The lowest BCUT2D eigenvalue weighted by molar-refractivity contribution is -0.140. The number of hydrogen-bond donors (Lipinski definition) is 1. The monoisotopic (exact) mass is 605 g/mol. The normalized spacial score (nSPS) is 11.9. The van der Waals surface area contributed by atoms with Crippen molar-refractivity contribution in [2.45, 2.75) is 44.7 Å². The van der Waals surface area contributed by atoms with E-state index in [-0.39, 0.29) is 33.1 Å². The van der Waals surface area contributed by atoms with Crippen molar-refractivity contribution in [2.75, 3.05) is 24.5 Å². The van der Waals surface area contributed by atoms with Gasteiger partial charge in [-0.05, 0) is 68.3 Å². The molecule has 1 unspecified atom stereocenters. The molecule has 2 amide bonds. The molecule has 214 valence electrons. The Morgan fingerprint density at radius 3 is 2.33 bits per heavy atom. The molecule has 0 aliphatic carbocycles. The highest BCUT2D eigenvalue weighted by atomic mass is 35.5. The third-order valence-corrected chi connectivity index (χ3v) is 8.62. The lowest BCUT2D eigenvalue weighted by Gasteiger charge is -2.33. The minimum Gasteiger partial charge on any atom is -0.497 e. The zero-order valence-corrected chi connectivity index (χ0v) is 25.2.